The molecule has 14 heavy (non-hydrogen) atoms. The van der Waals surface area contributed by atoms with Gasteiger partial charge in [-0.25, -0.2) is 4.39 Å². The molecule has 0 aliphatic heterocycles. The third kappa shape index (κ3) is 2.69. The Morgan fingerprint density at radius 1 is 1.50 bits per heavy atom. The highest BCUT2D eigenvalue weighted by Gasteiger charge is 2.13. The van der Waals surface area contributed by atoms with Crippen molar-refractivity contribution in [2.75, 3.05) is 6.54 Å². The van der Waals surface area contributed by atoms with E-state index in [9.17, 15) is 4.39 Å². The van der Waals surface area contributed by atoms with E-state index in [2.05, 4.69) is 0 Å². The predicted octanol–water partition coefficient (Wildman–Crippen LogP) is 3.32. The Labute approximate surface area is 89.1 Å². The van der Waals surface area contributed by atoms with Crippen molar-refractivity contribution in [3.8, 4) is 0 Å². The van der Waals surface area contributed by atoms with E-state index < -0.39 is 0 Å². The fourth-order valence-electron chi connectivity index (χ4n) is 1.55. The van der Waals surface area contributed by atoms with Crippen LogP contribution in [0, 0.1) is 5.82 Å². The maximum Gasteiger partial charge on any atom is 0.128 e. The van der Waals surface area contributed by atoms with Crippen LogP contribution in [0.4, 0.5) is 4.39 Å². The van der Waals surface area contributed by atoms with Gasteiger partial charge in [0.25, 0.3) is 0 Å². The van der Waals surface area contributed by atoms with E-state index in [1.807, 2.05) is 6.92 Å². The van der Waals surface area contributed by atoms with Gasteiger partial charge in [0.05, 0.1) is 0 Å². The Kier molecular flexibility index (Phi) is 4.36. The summed E-state index contributed by atoms with van der Waals surface area (Å²) >= 11 is 5.93. The second kappa shape index (κ2) is 5.32. The molecule has 1 nitrogen and oxygen atoms in total. The Hall–Kier alpha value is -0.600. The van der Waals surface area contributed by atoms with E-state index in [4.69, 9.17) is 17.3 Å². The molecule has 2 N–H and O–H groups in total. The summed E-state index contributed by atoms with van der Waals surface area (Å²) in [6.45, 7) is 2.61. The van der Waals surface area contributed by atoms with Crippen LogP contribution in [0.3, 0.4) is 0 Å². The molecule has 0 spiro atoms. The first kappa shape index (κ1) is 11.5. The molecule has 1 rings (SSSR count). The third-order valence-corrected chi connectivity index (χ3v) is 2.66. The average molecular weight is 216 g/mol. The van der Waals surface area contributed by atoms with Crippen LogP contribution in [0.15, 0.2) is 18.2 Å². The zero-order chi connectivity index (χ0) is 10.6. The first-order chi connectivity index (χ1) is 6.66. The molecule has 0 saturated carbocycles. The summed E-state index contributed by atoms with van der Waals surface area (Å²) < 4.78 is 13.4. The van der Waals surface area contributed by atoms with Crippen LogP contribution in [0.25, 0.3) is 0 Å². The Balaban J connectivity index is 2.82. The molecule has 0 amide bonds. The Morgan fingerprint density at radius 3 is 2.79 bits per heavy atom. The second-order valence-electron chi connectivity index (χ2n) is 3.47. The second-order valence-corrected chi connectivity index (χ2v) is 3.87. The lowest BCUT2D eigenvalue weighted by Gasteiger charge is -2.13. The van der Waals surface area contributed by atoms with Crippen LogP contribution in [0.5, 0.6) is 0 Å². The standard InChI is InChI=1S/C11H15ClFN/c1-8(4-3-7-14)11-9(12)5-2-6-10(11)13/h2,5-6,8H,3-4,7,14H2,1H3. The highest BCUT2D eigenvalue weighted by Crippen LogP contribution is 2.29. The topological polar surface area (TPSA) is 26.0 Å². The summed E-state index contributed by atoms with van der Waals surface area (Å²) in [6, 6.07) is 4.79. The maximum atomic E-state index is 13.4. The molecule has 3 heteroatoms. The third-order valence-electron chi connectivity index (χ3n) is 2.33. The molecule has 0 saturated heterocycles. The summed E-state index contributed by atoms with van der Waals surface area (Å²) in [4.78, 5) is 0. The van der Waals surface area contributed by atoms with Gasteiger partial charge in [-0.1, -0.05) is 24.6 Å². The van der Waals surface area contributed by atoms with Gasteiger partial charge < -0.3 is 5.73 Å². The number of hydrogen-bond acceptors (Lipinski definition) is 1. The molecule has 1 aromatic rings. The van der Waals surface area contributed by atoms with Gasteiger partial charge in [-0.15, -0.1) is 0 Å². The summed E-state index contributed by atoms with van der Waals surface area (Å²) in [5.41, 5.74) is 6.02. The van der Waals surface area contributed by atoms with Crippen LogP contribution in [0.1, 0.15) is 31.2 Å². The van der Waals surface area contributed by atoms with Crippen LogP contribution in [-0.4, -0.2) is 6.54 Å². The minimum atomic E-state index is -0.220. The van der Waals surface area contributed by atoms with Crippen LogP contribution in [0.2, 0.25) is 5.02 Å². The molecule has 0 radical (unpaired) electrons. The lowest BCUT2D eigenvalue weighted by molar-refractivity contribution is 0.565. The normalized spacial score (nSPS) is 12.9. The first-order valence-electron chi connectivity index (χ1n) is 4.80. The van der Waals surface area contributed by atoms with E-state index in [0.717, 1.165) is 12.8 Å². The van der Waals surface area contributed by atoms with Gasteiger partial charge in [-0.2, -0.15) is 0 Å². The van der Waals surface area contributed by atoms with Crippen LogP contribution in [-0.2, 0) is 0 Å². The van der Waals surface area contributed by atoms with Crippen LogP contribution >= 0.6 is 11.6 Å². The lowest BCUT2D eigenvalue weighted by atomic mass is 9.96. The molecular weight excluding hydrogens is 201 g/mol. The molecule has 0 aromatic heterocycles. The van der Waals surface area contributed by atoms with Crippen molar-refractivity contribution in [3.05, 3.63) is 34.6 Å². The molecule has 0 heterocycles. The number of halogens is 2. The summed E-state index contributed by atoms with van der Waals surface area (Å²) in [6.07, 6.45) is 1.77. The fourth-order valence-corrected chi connectivity index (χ4v) is 1.90. The van der Waals surface area contributed by atoms with Gasteiger partial charge in [0, 0.05) is 10.6 Å². The van der Waals surface area contributed by atoms with E-state index in [0.29, 0.717) is 17.1 Å². The minimum Gasteiger partial charge on any atom is -0.330 e. The Bertz CT molecular complexity index is 281. The molecule has 0 fully saturated rings. The quantitative estimate of drug-likeness (QED) is 0.819. The summed E-state index contributed by atoms with van der Waals surface area (Å²) in [7, 11) is 0. The van der Waals surface area contributed by atoms with Crippen molar-refractivity contribution in [2.45, 2.75) is 25.7 Å². The summed E-state index contributed by atoms with van der Waals surface area (Å²) in [5, 5.41) is 0.509. The SMILES string of the molecule is CC(CCCN)c1c(F)cccc1Cl. The van der Waals surface area contributed by atoms with Crippen molar-refractivity contribution in [3.63, 3.8) is 0 Å². The molecule has 1 atom stereocenters. The van der Waals surface area contributed by atoms with Crippen molar-refractivity contribution in [1.82, 2.24) is 0 Å². The number of hydrogen-bond donors (Lipinski definition) is 1. The van der Waals surface area contributed by atoms with E-state index >= 15 is 0 Å². The zero-order valence-electron chi connectivity index (χ0n) is 8.26. The minimum absolute atomic E-state index is 0.132. The van der Waals surface area contributed by atoms with Gasteiger partial charge in [0.15, 0.2) is 0 Å². The average Bonchev–Trinajstić information content (AvgIpc) is 2.14. The molecule has 1 unspecified atom stereocenters. The van der Waals surface area contributed by atoms with Gasteiger partial charge in [0.2, 0.25) is 0 Å². The van der Waals surface area contributed by atoms with Crippen molar-refractivity contribution in [1.29, 1.82) is 0 Å². The summed E-state index contributed by atoms with van der Waals surface area (Å²) in [5.74, 6) is -0.0886. The molecule has 78 valence electrons. The van der Waals surface area contributed by atoms with Crippen molar-refractivity contribution < 1.29 is 4.39 Å². The Morgan fingerprint density at radius 2 is 2.21 bits per heavy atom. The van der Waals surface area contributed by atoms with Crippen molar-refractivity contribution in [2.24, 2.45) is 5.73 Å². The van der Waals surface area contributed by atoms with Crippen molar-refractivity contribution >= 4 is 11.6 Å². The van der Waals surface area contributed by atoms with Gasteiger partial charge >= 0.3 is 0 Å². The highest BCUT2D eigenvalue weighted by atomic mass is 35.5. The molecule has 0 aliphatic carbocycles. The van der Waals surface area contributed by atoms with E-state index in [-0.39, 0.29) is 11.7 Å². The van der Waals surface area contributed by atoms with Gasteiger partial charge in [-0.3, -0.25) is 0 Å². The predicted molar refractivity (Wildman–Crippen MR) is 58.1 cm³/mol. The number of benzene rings is 1. The number of nitrogens with two attached hydrogens (primary N) is 1. The van der Waals surface area contributed by atoms with E-state index in [1.165, 1.54) is 6.07 Å². The maximum absolute atomic E-state index is 13.4. The molecule has 0 bridgehead atoms. The highest BCUT2D eigenvalue weighted by molar-refractivity contribution is 6.31. The largest absolute Gasteiger partial charge is 0.330 e. The lowest BCUT2D eigenvalue weighted by Crippen LogP contribution is -2.03. The molecule has 1 aromatic carbocycles. The monoisotopic (exact) mass is 215 g/mol. The molecular formula is C11H15ClFN. The smallest absolute Gasteiger partial charge is 0.128 e. The first-order valence-corrected chi connectivity index (χ1v) is 5.18. The van der Waals surface area contributed by atoms with Gasteiger partial charge in [0.1, 0.15) is 5.82 Å². The van der Waals surface area contributed by atoms with Gasteiger partial charge in [-0.05, 0) is 37.4 Å². The van der Waals surface area contributed by atoms with Crippen LogP contribution < -0.4 is 5.73 Å². The fraction of sp³-hybridized carbons (Fsp3) is 0.455. The number of rotatable bonds is 4. The van der Waals surface area contributed by atoms with E-state index in [1.54, 1.807) is 12.1 Å². The zero-order valence-corrected chi connectivity index (χ0v) is 9.02. The molecule has 0 aliphatic rings.